The average molecular weight is 611 g/mol. The highest BCUT2D eigenvalue weighted by atomic mass is 16.3. The van der Waals surface area contributed by atoms with E-state index in [4.69, 9.17) is 0 Å². The molecule has 0 atom stereocenters. The summed E-state index contributed by atoms with van der Waals surface area (Å²) >= 11 is 0. The second-order valence-electron chi connectivity index (χ2n) is 16.5. The second-order valence-corrected chi connectivity index (χ2v) is 16.5. The highest BCUT2D eigenvalue weighted by molar-refractivity contribution is 5.94. The summed E-state index contributed by atoms with van der Waals surface area (Å²) in [5.41, 5.74) is 8.22. The molecule has 0 radical (unpaired) electrons. The topological polar surface area (TPSA) is 46.9 Å². The minimum absolute atomic E-state index is 0.0747. The standard InChI is InChI=1S/C38H66N4O2/c1-37(2,3)31-17-19-33-35(29-31)40(22-12-14-24-42(9,10)26-16-28-44)36-30-32(38(4,5)6)18-20-34(36)39(33)21-11-13-23-41(7,8)25-15-27-43/h17-20,29-30,43-44H,11-16,21-28H2,1-10H3/q+2. The summed E-state index contributed by atoms with van der Waals surface area (Å²) in [7, 11) is 9.15. The number of aliphatic hydroxyl groups is 2. The van der Waals surface area contributed by atoms with E-state index in [1.807, 2.05) is 0 Å². The molecule has 6 nitrogen and oxygen atoms in total. The van der Waals surface area contributed by atoms with Gasteiger partial charge in [0.25, 0.3) is 0 Å². The van der Waals surface area contributed by atoms with Crippen LogP contribution in [0.1, 0.15) is 91.2 Å². The van der Waals surface area contributed by atoms with Crippen molar-refractivity contribution in [3.05, 3.63) is 47.5 Å². The van der Waals surface area contributed by atoms with Crippen LogP contribution in [0, 0.1) is 0 Å². The fraction of sp³-hybridized carbons (Fsp3) is 0.684. The Morgan fingerprint density at radius 1 is 0.500 bits per heavy atom. The molecular weight excluding hydrogens is 544 g/mol. The molecule has 2 aromatic carbocycles. The first kappa shape index (κ1) is 36.3. The Labute approximate surface area is 270 Å². The van der Waals surface area contributed by atoms with Gasteiger partial charge in [0.05, 0.1) is 77.1 Å². The third-order valence-electron chi connectivity index (χ3n) is 9.48. The molecule has 0 saturated carbocycles. The summed E-state index contributed by atoms with van der Waals surface area (Å²) < 4.78 is 1.92. The van der Waals surface area contributed by atoms with Crippen LogP contribution in [0.25, 0.3) is 0 Å². The zero-order valence-electron chi connectivity index (χ0n) is 30.0. The van der Waals surface area contributed by atoms with Gasteiger partial charge in [-0.3, -0.25) is 0 Å². The summed E-state index contributed by atoms with van der Waals surface area (Å²) in [5.74, 6) is 0. The van der Waals surface area contributed by atoms with Gasteiger partial charge >= 0.3 is 0 Å². The van der Waals surface area contributed by atoms with Gasteiger partial charge in [0.2, 0.25) is 0 Å². The number of anilines is 4. The van der Waals surface area contributed by atoms with Crippen LogP contribution in [0.15, 0.2) is 36.4 Å². The summed E-state index contributed by atoms with van der Waals surface area (Å²) in [4.78, 5) is 5.21. The van der Waals surface area contributed by atoms with E-state index in [0.29, 0.717) is 0 Å². The van der Waals surface area contributed by atoms with Crippen molar-refractivity contribution in [3.63, 3.8) is 0 Å². The molecule has 0 amide bonds. The lowest BCUT2D eigenvalue weighted by Crippen LogP contribution is -2.42. The molecular formula is C38H66N4O2+2. The zero-order valence-corrected chi connectivity index (χ0v) is 30.0. The number of hydrogen-bond acceptors (Lipinski definition) is 4. The highest BCUT2D eigenvalue weighted by Crippen LogP contribution is 2.50. The lowest BCUT2D eigenvalue weighted by molar-refractivity contribution is -0.890. The Morgan fingerprint density at radius 3 is 1.18 bits per heavy atom. The molecule has 1 aliphatic rings. The summed E-state index contributed by atoms with van der Waals surface area (Å²) in [6.07, 6.45) is 6.29. The predicted octanol–water partition coefficient (Wildman–Crippen LogP) is 7.35. The van der Waals surface area contributed by atoms with Crippen molar-refractivity contribution in [3.8, 4) is 0 Å². The van der Waals surface area contributed by atoms with Gasteiger partial charge < -0.3 is 29.0 Å². The molecule has 6 heteroatoms. The van der Waals surface area contributed by atoms with E-state index < -0.39 is 0 Å². The Kier molecular flexibility index (Phi) is 12.4. The molecule has 0 saturated heterocycles. The van der Waals surface area contributed by atoms with Crippen LogP contribution in [0.5, 0.6) is 0 Å². The number of nitrogens with zero attached hydrogens (tertiary/aromatic N) is 4. The molecule has 1 aliphatic heterocycles. The molecule has 44 heavy (non-hydrogen) atoms. The number of unbranched alkanes of at least 4 members (excludes halogenated alkanes) is 2. The van der Waals surface area contributed by atoms with Crippen LogP contribution >= 0.6 is 0 Å². The number of quaternary nitrogens is 2. The van der Waals surface area contributed by atoms with Crippen LogP contribution in [-0.2, 0) is 10.8 Å². The van der Waals surface area contributed by atoms with Crippen molar-refractivity contribution in [2.24, 2.45) is 0 Å². The van der Waals surface area contributed by atoms with Gasteiger partial charge in [0, 0.05) is 39.1 Å². The third-order valence-corrected chi connectivity index (χ3v) is 9.48. The van der Waals surface area contributed by atoms with Gasteiger partial charge in [-0.1, -0.05) is 53.7 Å². The molecule has 2 aromatic rings. The lowest BCUT2D eigenvalue weighted by atomic mass is 9.85. The first-order valence-corrected chi connectivity index (χ1v) is 17.2. The minimum Gasteiger partial charge on any atom is -0.396 e. The number of rotatable bonds is 16. The minimum atomic E-state index is 0.0747. The number of benzene rings is 2. The van der Waals surface area contributed by atoms with E-state index in [-0.39, 0.29) is 24.0 Å². The average Bonchev–Trinajstić information content (AvgIpc) is 2.94. The molecule has 0 aliphatic carbocycles. The van der Waals surface area contributed by atoms with Crippen molar-refractivity contribution >= 4 is 22.7 Å². The van der Waals surface area contributed by atoms with Crippen LogP contribution in [0.4, 0.5) is 22.7 Å². The van der Waals surface area contributed by atoms with Crippen molar-refractivity contribution in [1.82, 2.24) is 0 Å². The first-order valence-electron chi connectivity index (χ1n) is 17.2. The van der Waals surface area contributed by atoms with Gasteiger partial charge in [0.1, 0.15) is 0 Å². The van der Waals surface area contributed by atoms with E-state index >= 15 is 0 Å². The smallest absolute Gasteiger partial charge is 0.0804 e. The third kappa shape index (κ3) is 9.94. The fourth-order valence-corrected chi connectivity index (χ4v) is 6.45. The van der Waals surface area contributed by atoms with Gasteiger partial charge in [0.15, 0.2) is 0 Å². The normalized spacial score (nSPS) is 14.2. The van der Waals surface area contributed by atoms with Crippen molar-refractivity contribution in [2.75, 3.05) is 90.5 Å². The Morgan fingerprint density at radius 2 is 0.841 bits per heavy atom. The van der Waals surface area contributed by atoms with E-state index in [0.717, 1.165) is 86.8 Å². The van der Waals surface area contributed by atoms with Crippen LogP contribution in [0.2, 0.25) is 0 Å². The van der Waals surface area contributed by atoms with Gasteiger partial charge in [-0.2, -0.15) is 0 Å². The second kappa shape index (κ2) is 15.0. The largest absolute Gasteiger partial charge is 0.396 e. The molecule has 248 valence electrons. The lowest BCUT2D eigenvalue weighted by Gasteiger charge is -2.42. The van der Waals surface area contributed by atoms with Crippen LogP contribution in [-0.4, -0.2) is 99.9 Å². The highest BCUT2D eigenvalue weighted by Gasteiger charge is 2.31. The van der Waals surface area contributed by atoms with E-state index in [1.165, 1.54) is 33.9 Å². The van der Waals surface area contributed by atoms with Gasteiger partial charge in [-0.25, -0.2) is 0 Å². The zero-order chi connectivity index (χ0) is 32.8. The van der Waals surface area contributed by atoms with E-state index in [9.17, 15) is 10.2 Å². The SMILES string of the molecule is CC(C)(C)c1ccc2c(c1)N(CCCC[N+](C)(C)CCCO)c1cc(C(C)(C)C)ccc1N2CCCC[N+](C)(C)CCCO. The maximum atomic E-state index is 9.34. The number of fused-ring (bicyclic) bond motifs is 2. The molecule has 2 N–H and O–H groups in total. The Hall–Kier alpha value is -2.12. The summed E-state index contributed by atoms with van der Waals surface area (Å²) in [6.45, 7) is 20.7. The first-order chi connectivity index (χ1) is 20.5. The predicted molar refractivity (Wildman–Crippen MR) is 190 cm³/mol. The molecule has 0 spiro atoms. The molecule has 0 bridgehead atoms. The molecule has 1 heterocycles. The van der Waals surface area contributed by atoms with Crippen molar-refractivity contribution in [1.29, 1.82) is 0 Å². The molecule has 0 aromatic heterocycles. The molecule has 0 fully saturated rings. The quantitative estimate of drug-likeness (QED) is 0.154. The van der Waals surface area contributed by atoms with Crippen LogP contribution in [0.3, 0.4) is 0 Å². The molecule has 0 unspecified atom stereocenters. The Balaban J connectivity index is 1.96. The Bertz CT molecular complexity index is 1130. The van der Waals surface area contributed by atoms with Gasteiger partial charge in [-0.15, -0.1) is 0 Å². The fourth-order valence-electron chi connectivity index (χ4n) is 6.45. The van der Waals surface area contributed by atoms with Crippen LogP contribution < -0.4 is 9.80 Å². The summed E-state index contributed by atoms with van der Waals surface area (Å²) in [6, 6.07) is 14.4. The van der Waals surface area contributed by atoms with E-state index in [1.54, 1.807) is 0 Å². The maximum Gasteiger partial charge on any atom is 0.0804 e. The summed E-state index contributed by atoms with van der Waals surface area (Å²) in [5, 5.41) is 18.7. The number of hydrogen-bond donors (Lipinski definition) is 2. The van der Waals surface area contributed by atoms with E-state index in [2.05, 4.69) is 116 Å². The number of aliphatic hydroxyl groups excluding tert-OH is 2. The van der Waals surface area contributed by atoms with Crippen molar-refractivity contribution < 1.29 is 19.2 Å². The molecule has 3 rings (SSSR count). The monoisotopic (exact) mass is 611 g/mol. The van der Waals surface area contributed by atoms with Crippen molar-refractivity contribution in [2.45, 2.75) is 90.9 Å². The maximum absolute atomic E-state index is 9.34. The van der Waals surface area contributed by atoms with Gasteiger partial charge in [-0.05, 0) is 71.9 Å².